The molecule has 2 aromatic carbocycles. The molecule has 118 valence electrons. The van der Waals surface area contributed by atoms with Crippen molar-refractivity contribution in [3.05, 3.63) is 65.9 Å². The Morgan fingerprint density at radius 2 is 1.74 bits per heavy atom. The summed E-state index contributed by atoms with van der Waals surface area (Å²) in [5.74, 6) is 0. The highest BCUT2D eigenvalue weighted by molar-refractivity contribution is 5.95. The minimum Gasteiger partial charge on any atom is -0.355 e. The minimum atomic E-state index is -4.42. The number of rotatable bonds is 3. The van der Waals surface area contributed by atoms with Gasteiger partial charge < -0.3 is 5.32 Å². The van der Waals surface area contributed by atoms with E-state index in [9.17, 15) is 13.2 Å². The second-order valence-corrected chi connectivity index (χ2v) is 5.19. The van der Waals surface area contributed by atoms with Gasteiger partial charge in [-0.25, -0.2) is 0 Å². The molecular weight excluding hydrogens is 301 g/mol. The lowest BCUT2D eigenvalue weighted by molar-refractivity contribution is -0.136. The molecule has 0 radical (unpaired) electrons. The summed E-state index contributed by atoms with van der Waals surface area (Å²) >= 11 is 0. The fourth-order valence-corrected chi connectivity index (χ4v) is 2.61. The number of fused-ring (bicyclic) bond motifs is 1. The van der Waals surface area contributed by atoms with Crippen molar-refractivity contribution in [1.29, 1.82) is 0 Å². The summed E-state index contributed by atoms with van der Waals surface area (Å²) in [7, 11) is 0. The zero-order valence-electron chi connectivity index (χ0n) is 12.5. The highest BCUT2D eigenvalue weighted by atomic mass is 19.4. The third-order valence-corrected chi connectivity index (χ3v) is 3.74. The Morgan fingerprint density at radius 1 is 0.957 bits per heavy atom. The van der Waals surface area contributed by atoms with Crippen molar-refractivity contribution in [3.8, 4) is 0 Å². The first-order valence-corrected chi connectivity index (χ1v) is 7.30. The van der Waals surface area contributed by atoms with Gasteiger partial charge in [-0.15, -0.1) is 0 Å². The van der Waals surface area contributed by atoms with E-state index in [1.165, 1.54) is 12.3 Å². The maximum atomic E-state index is 13.1. The van der Waals surface area contributed by atoms with Gasteiger partial charge in [0, 0.05) is 23.0 Å². The van der Waals surface area contributed by atoms with E-state index in [-0.39, 0.29) is 5.52 Å². The molecule has 5 heteroatoms. The van der Waals surface area contributed by atoms with Crippen LogP contribution in [-0.2, 0) is 12.6 Å². The summed E-state index contributed by atoms with van der Waals surface area (Å²) in [6.07, 6.45) is -2.19. The summed E-state index contributed by atoms with van der Waals surface area (Å²) in [5, 5.41) is 3.69. The van der Waals surface area contributed by atoms with Crippen LogP contribution in [0.4, 0.5) is 24.5 Å². The first-order chi connectivity index (χ1) is 11.0. The maximum Gasteiger partial charge on any atom is 0.418 e. The number of para-hydroxylation sites is 2. The topological polar surface area (TPSA) is 24.9 Å². The van der Waals surface area contributed by atoms with E-state index in [1.54, 1.807) is 12.1 Å². The molecule has 0 spiro atoms. The molecule has 1 N–H and O–H groups in total. The van der Waals surface area contributed by atoms with Gasteiger partial charge in [-0.2, -0.15) is 13.2 Å². The van der Waals surface area contributed by atoms with Crippen LogP contribution in [0.15, 0.2) is 54.7 Å². The number of benzene rings is 2. The number of alkyl halides is 3. The van der Waals surface area contributed by atoms with E-state index in [1.807, 2.05) is 31.2 Å². The monoisotopic (exact) mass is 316 g/mol. The quantitative estimate of drug-likeness (QED) is 0.684. The van der Waals surface area contributed by atoms with Crippen molar-refractivity contribution >= 4 is 22.3 Å². The molecule has 0 unspecified atom stereocenters. The van der Waals surface area contributed by atoms with Crippen LogP contribution in [0.1, 0.15) is 18.1 Å². The molecule has 0 aliphatic heterocycles. The van der Waals surface area contributed by atoms with E-state index in [2.05, 4.69) is 10.3 Å². The third kappa shape index (κ3) is 2.99. The summed E-state index contributed by atoms with van der Waals surface area (Å²) in [6.45, 7) is 2.03. The Labute approximate surface area is 132 Å². The predicted molar refractivity (Wildman–Crippen MR) is 85.8 cm³/mol. The molecule has 23 heavy (non-hydrogen) atoms. The number of anilines is 2. The number of aromatic nitrogens is 1. The van der Waals surface area contributed by atoms with Crippen LogP contribution >= 0.6 is 0 Å². The summed E-state index contributed by atoms with van der Waals surface area (Å²) in [5.41, 5.74) is 1.84. The fourth-order valence-electron chi connectivity index (χ4n) is 2.61. The van der Waals surface area contributed by atoms with Gasteiger partial charge in [0.15, 0.2) is 0 Å². The zero-order valence-corrected chi connectivity index (χ0v) is 12.5. The second kappa shape index (κ2) is 5.91. The van der Waals surface area contributed by atoms with Crippen molar-refractivity contribution < 1.29 is 13.2 Å². The molecule has 0 fully saturated rings. The predicted octanol–water partition coefficient (Wildman–Crippen LogP) is 5.56. The average Bonchev–Trinajstić information content (AvgIpc) is 2.54. The Morgan fingerprint density at radius 3 is 2.48 bits per heavy atom. The highest BCUT2D eigenvalue weighted by Crippen LogP contribution is 2.36. The number of halogens is 3. The number of nitrogens with one attached hydrogen (secondary N) is 1. The number of pyridine rings is 1. The van der Waals surface area contributed by atoms with E-state index in [0.717, 1.165) is 23.7 Å². The van der Waals surface area contributed by atoms with Crippen LogP contribution in [0.3, 0.4) is 0 Å². The van der Waals surface area contributed by atoms with Gasteiger partial charge in [-0.05, 0) is 30.2 Å². The lowest BCUT2D eigenvalue weighted by Crippen LogP contribution is -2.07. The maximum absolute atomic E-state index is 13.1. The first-order valence-electron chi connectivity index (χ1n) is 7.30. The smallest absolute Gasteiger partial charge is 0.355 e. The fraction of sp³-hybridized carbons (Fsp3) is 0.167. The summed E-state index contributed by atoms with van der Waals surface area (Å²) in [4.78, 5) is 3.93. The van der Waals surface area contributed by atoms with Crippen LogP contribution in [0, 0.1) is 0 Å². The molecular formula is C18H15F3N2. The molecule has 0 amide bonds. The molecule has 2 nitrogen and oxygen atoms in total. The van der Waals surface area contributed by atoms with Gasteiger partial charge in [-0.3, -0.25) is 4.98 Å². The molecule has 1 aromatic heterocycles. The lowest BCUT2D eigenvalue weighted by Gasteiger charge is -2.15. The van der Waals surface area contributed by atoms with Crippen molar-refractivity contribution in [3.63, 3.8) is 0 Å². The van der Waals surface area contributed by atoms with Gasteiger partial charge in [0.2, 0.25) is 0 Å². The normalized spacial score (nSPS) is 11.7. The Bertz CT molecular complexity index is 841. The summed E-state index contributed by atoms with van der Waals surface area (Å²) < 4.78 is 39.4. The molecule has 3 rings (SSSR count). The Balaban J connectivity index is 2.12. The van der Waals surface area contributed by atoms with Crippen LogP contribution in [-0.4, -0.2) is 4.98 Å². The van der Waals surface area contributed by atoms with E-state index >= 15 is 0 Å². The standard InChI is InChI=1S/C18H15F3N2/c1-2-12-6-3-4-9-15(12)23-16-10-11-22-17-13(16)7-5-8-14(17)18(19,20)21/h3-11H,2H2,1H3,(H,22,23). The van der Waals surface area contributed by atoms with Crippen LogP contribution in [0.25, 0.3) is 10.9 Å². The molecule has 0 aliphatic carbocycles. The Hall–Kier alpha value is -2.56. The van der Waals surface area contributed by atoms with Gasteiger partial charge in [-0.1, -0.05) is 37.3 Å². The van der Waals surface area contributed by atoms with Crippen LogP contribution in [0.5, 0.6) is 0 Å². The number of hydrogen-bond donors (Lipinski definition) is 1. The zero-order chi connectivity index (χ0) is 16.4. The van der Waals surface area contributed by atoms with Gasteiger partial charge in [0.05, 0.1) is 11.1 Å². The SMILES string of the molecule is CCc1ccccc1Nc1ccnc2c(C(F)(F)F)cccc12. The first kappa shape index (κ1) is 15.3. The van der Waals surface area contributed by atoms with Crippen molar-refractivity contribution in [1.82, 2.24) is 4.98 Å². The van der Waals surface area contributed by atoms with Gasteiger partial charge in [0.1, 0.15) is 0 Å². The number of nitrogens with zero attached hydrogens (tertiary/aromatic N) is 1. The Kier molecular flexibility index (Phi) is 3.94. The molecule has 0 bridgehead atoms. The minimum absolute atomic E-state index is 0.0426. The molecule has 1 heterocycles. The highest BCUT2D eigenvalue weighted by Gasteiger charge is 2.33. The average molecular weight is 316 g/mol. The van der Waals surface area contributed by atoms with E-state index < -0.39 is 11.7 Å². The molecule has 3 aromatic rings. The van der Waals surface area contributed by atoms with Crippen molar-refractivity contribution in [2.45, 2.75) is 19.5 Å². The van der Waals surface area contributed by atoms with Crippen molar-refractivity contribution in [2.75, 3.05) is 5.32 Å². The molecule has 0 saturated heterocycles. The number of aryl methyl sites for hydroxylation is 1. The number of hydrogen-bond acceptors (Lipinski definition) is 2. The van der Waals surface area contributed by atoms with E-state index in [0.29, 0.717) is 11.1 Å². The van der Waals surface area contributed by atoms with Crippen LogP contribution in [0.2, 0.25) is 0 Å². The van der Waals surface area contributed by atoms with Crippen LogP contribution < -0.4 is 5.32 Å². The molecule has 0 aliphatic rings. The lowest BCUT2D eigenvalue weighted by atomic mass is 10.1. The largest absolute Gasteiger partial charge is 0.418 e. The van der Waals surface area contributed by atoms with E-state index in [4.69, 9.17) is 0 Å². The molecule has 0 atom stereocenters. The summed E-state index contributed by atoms with van der Waals surface area (Å²) in [6, 6.07) is 13.5. The second-order valence-electron chi connectivity index (χ2n) is 5.19. The van der Waals surface area contributed by atoms with Gasteiger partial charge in [0.25, 0.3) is 0 Å². The third-order valence-electron chi connectivity index (χ3n) is 3.74. The van der Waals surface area contributed by atoms with Gasteiger partial charge >= 0.3 is 6.18 Å². The van der Waals surface area contributed by atoms with Crippen molar-refractivity contribution in [2.24, 2.45) is 0 Å². The molecule has 0 saturated carbocycles.